The van der Waals surface area contributed by atoms with Crippen molar-refractivity contribution in [3.63, 3.8) is 0 Å². The lowest BCUT2D eigenvalue weighted by Crippen LogP contribution is -2.21. The number of aromatic nitrogens is 3. The Labute approximate surface area is 145 Å². The molecule has 0 saturated heterocycles. The molecule has 0 amide bonds. The molecule has 2 aromatic carbocycles. The van der Waals surface area contributed by atoms with Gasteiger partial charge in [-0.05, 0) is 48.6 Å². The van der Waals surface area contributed by atoms with Gasteiger partial charge >= 0.3 is 5.97 Å². The van der Waals surface area contributed by atoms with Crippen LogP contribution >= 0.6 is 0 Å². The lowest BCUT2D eigenvalue weighted by atomic mass is 9.97. The van der Waals surface area contributed by atoms with E-state index < -0.39 is 0 Å². The van der Waals surface area contributed by atoms with Crippen LogP contribution in [0.2, 0.25) is 0 Å². The molecule has 0 unspecified atom stereocenters. The lowest BCUT2D eigenvalue weighted by Gasteiger charge is -2.10. The average molecular weight is 334 g/mol. The molecule has 25 heavy (non-hydrogen) atoms. The monoisotopic (exact) mass is 334 g/mol. The first kappa shape index (κ1) is 15.5. The highest BCUT2D eigenvalue weighted by molar-refractivity contribution is 5.91. The summed E-state index contributed by atoms with van der Waals surface area (Å²) >= 11 is 0. The van der Waals surface area contributed by atoms with Crippen molar-refractivity contribution < 1.29 is 9.63 Å². The van der Waals surface area contributed by atoms with Crippen LogP contribution in [-0.4, -0.2) is 27.2 Å². The fourth-order valence-corrected chi connectivity index (χ4v) is 2.61. The molecule has 1 aliphatic carbocycles. The Balaban J connectivity index is 1.58. The summed E-state index contributed by atoms with van der Waals surface area (Å²) < 4.78 is 0. The van der Waals surface area contributed by atoms with Gasteiger partial charge in [0.25, 0.3) is 0 Å². The number of nitrogens with zero attached hydrogens (tertiary/aromatic N) is 2. The third kappa shape index (κ3) is 3.44. The van der Waals surface area contributed by atoms with E-state index in [4.69, 9.17) is 4.84 Å². The number of benzene rings is 2. The molecule has 0 atom stereocenters. The molecular formula is C19H18N4O2. The maximum atomic E-state index is 12.2. The van der Waals surface area contributed by atoms with Gasteiger partial charge in [0.15, 0.2) is 5.82 Å². The van der Waals surface area contributed by atoms with Crippen molar-refractivity contribution in [2.75, 3.05) is 0 Å². The van der Waals surface area contributed by atoms with E-state index in [0.717, 1.165) is 40.9 Å². The molecule has 2 N–H and O–H groups in total. The van der Waals surface area contributed by atoms with Crippen molar-refractivity contribution in [1.29, 1.82) is 0 Å². The highest BCUT2D eigenvalue weighted by Crippen LogP contribution is 2.27. The van der Waals surface area contributed by atoms with E-state index in [1.54, 1.807) is 12.4 Å². The Morgan fingerprint density at radius 3 is 2.60 bits per heavy atom. The van der Waals surface area contributed by atoms with Crippen LogP contribution in [0.3, 0.4) is 0 Å². The van der Waals surface area contributed by atoms with E-state index in [-0.39, 0.29) is 5.97 Å². The molecule has 6 heteroatoms. The zero-order valence-electron chi connectivity index (χ0n) is 13.8. The molecule has 1 aliphatic rings. The molecule has 126 valence electrons. The third-order valence-electron chi connectivity index (χ3n) is 4.25. The molecule has 0 bridgehead atoms. The maximum Gasteiger partial charge on any atom is 0.356 e. The molecule has 1 saturated carbocycles. The Kier molecular flexibility index (Phi) is 4.03. The van der Waals surface area contributed by atoms with Gasteiger partial charge in [-0.15, -0.1) is 15.7 Å². The summed E-state index contributed by atoms with van der Waals surface area (Å²) in [5, 5.41) is 7.81. The van der Waals surface area contributed by atoms with Gasteiger partial charge in [0.2, 0.25) is 0 Å². The average Bonchev–Trinajstić information content (AvgIpc) is 3.31. The van der Waals surface area contributed by atoms with Crippen LogP contribution in [0.1, 0.15) is 28.8 Å². The standard InChI is InChI=1S/C19H18N4O2/c1-12-2-3-15(19(24)25-23-16-8-9-16)10-17(12)13-4-6-14(7-5-13)18-20-11-21-22-18/h2-7,10-11,16,23H,8-9H2,1H3,(H,20,21,22). The van der Waals surface area contributed by atoms with Gasteiger partial charge in [-0.3, -0.25) is 0 Å². The summed E-state index contributed by atoms with van der Waals surface area (Å²) in [5.74, 6) is 0.373. The first-order chi connectivity index (χ1) is 12.2. The first-order valence-electron chi connectivity index (χ1n) is 8.25. The third-order valence-corrected chi connectivity index (χ3v) is 4.25. The molecule has 1 heterocycles. The first-order valence-corrected chi connectivity index (χ1v) is 8.25. The Morgan fingerprint density at radius 2 is 1.92 bits per heavy atom. The SMILES string of the molecule is Cc1ccc(C(=O)ONC2CC2)cc1-c1ccc(-c2nnc[nH]2)cc1. The van der Waals surface area contributed by atoms with E-state index in [0.29, 0.717) is 11.6 Å². The van der Waals surface area contributed by atoms with Crippen LogP contribution in [0, 0.1) is 6.92 Å². The van der Waals surface area contributed by atoms with Gasteiger partial charge in [0, 0.05) is 11.6 Å². The largest absolute Gasteiger partial charge is 0.366 e. The van der Waals surface area contributed by atoms with E-state index in [1.165, 1.54) is 0 Å². The summed E-state index contributed by atoms with van der Waals surface area (Å²) in [5.41, 5.74) is 7.42. The minimum atomic E-state index is -0.355. The van der Waals surface area contributed by atoms with Gasteiger partial charge in [-0.25, -0.2) is 4.79 Å². The summed E-state index contributed by atoms with van der Waals surface area (Å²) in [6, 6.07) is 13.9. The number of carbonyl (C=O) groups excluding carboxylic acids is 1. The minimum absolute atomic E-state index is 0.317. The Hall–Kier alpha value is -2.99. The predicted octanol–water partition coefficient (Wildman–Crippen LogP) is 3.27. The fraction of sp³-hybridized carbons (Fsp3) is 0.211. The normalized spacial score (nSPS) is 13.6. The quantitative estimate of drug-likeness (QED) is 0.700. The van der Waals surface area contributed by atoms with Gasteiger partial charge in [-0.1, -0.05) is 30.3 Å². The fourth-order valence-electron chi connectivity index (χ4n) is 2.61. The number of carbonyl (C=O) groups is 1. The summed E-state index contributed by atoms with van der Waals surface area (Å²) in [7, 11) is 0. The maximum absolute atomic E-state index is 12.2. The molecule has 0 radical (unpaired) electrons. The summed E-state index contributed by atoms with van der Waals surface area (Å²) in [4.78, 5) is 20.3. The van der Waals surface area contributed by atoms with E-state index in [1.807, 2.05) is 43.3 Å². The zero-order chi connectivity index (χ0) is 17.2. The smallest absolute Gasteiger partial charge is 0.356 e. The van der Waals surface area contributed by atoms with Crippen molar-refractivity contribution in [2.45, 2.75) is 25.8 Å². The van der Waals surface area contributed by atoms with Crippen LogP contribution < -0.4 is 5.48 Å². The minimum Gasteiger partial charge on any atom is -0.366 e. The second-order valence-corrected chi connectivity index (χ2v) is 6.23. The molecule has 6 nitrogen and oxygen atoms in total. The summed E-state index contributed by atoms with van der Waals surface area (Å²) in [6.45, 7) is 2.03. The van der Waals surface area contributed by atoms with Crippen LogP contribution in [0.15, 0.2) is 48.8 Å². The number of hydrogen-bond donors (Lipinski definition) is 2. The molecule has 4 rings (SSSR count). The highest BCUT2D eigenvalue weighted by atomic mass is 16.7. The molecule has 0 spiro atoms. The number of aromatic amines is 1. The van der Waals surface area contributed by atoms with Gasteiger partial charge in [0.05, 0.1) is 5.56 Å². The van der Waals surface area contributed by atoms with Crippen LogP contribution in [0.4, 0.5) is 0 Å². The topological polar surface area (TPSA) is 79.9 Å². The Morgan fingerprint density at radius 1 is 1.16 bits per heavy atom. The van der Waals surface area contributed by atoms with Gasteiger partial charge in [-0.2, -0.15) is 0 Å². The highest BCUT2D eigenvalue weighted by Gasteiger charge is 2.23. The zero-order valence-corrected chi connectivity index (χ0v) is 13.8. The predicted molar refractivity (Wildman–Crippen MR) is 93.6 cm³/mol. The molecule has 1 aromatic heterocycles. The van der Waals surface area contributed by atoms with E-state index in [2.05, 4.69) is 20.7 Å². The second-order valence-electron chi connectivity index (χ2n) is 6.23. The lowest BCUT2D eigenvalue weighted by molar-refractivity contribution is 0.0236. The van der Waals surface area contributed by atoms with Crippen molar-refractivity contribution in [3.05, 3.63) is 59.9 Å². The molecule has 1 fully saturated rings. The van der Waals surface area contributed by atoms with Crippen molar-refractivity contribution in [3.8, 4) is 22.5 Å². The molecule has 3 aromatic rings. The van der Waals surface area contributed by atoms with Crippen molar-refractivity contribution in [1.82, 2.24) is 20.7 Å². The second kappa shape index (κ2) is 6.49. The van der Waals surface area contributed by atoms with Crippen molar-refractivity contribution in [2.24, 2.45) is 0 Å². The molecule has 0 aliphatic heterocycles. The number of hydrogen-bond acceptors (Lipinski definition) is 5. The van der Waals surface area contributed by atoms with Gasteiger partial charge < -0.3 is 9.82 Å². The van der Waals surface area contributed by atoms with Crippen LogP contribution in [0.5, 0.6) is 0 Å². The number of aryl methyl sites for hydroxylation is 1. The van der Waals surface area contributed by atoms with Crippen LogP contribution in [0.25, 0.3) is 22.5 Å². The van der Waals surface area contributed by atoms with Crippen molar-refractivity contribution >= 4 is 5.97 Å². The van der Waals surface area contributed by atoms with E-state index >= 15 is 0 Å². The number of hydroxylamine groups is 1. The molecular weight excluding hydrogens is 316 g/mol. The number of nitrogens with one attached hydrogen (secondary N) is 2. The number of rotatable bonds is 5. The van der Waals surface area contributed by atoms with E-state index in [9.17, 15) is 4.79 Å². The van der Waals surface area contributed by atoms with Gasteiger partial charge in [0.1, 0.15) is 6.33 Å². The number of H-pyrrole nitrogens is 1. The Bertz CT molecular complexity index is 884. The summed E-state index contributed by atoms with van der Waals surface area (Å²) in [6.07, 6.45) is 3.67. The van der Waals surface area contributed by atoms with Crippen LogP contribution in [-0.2, 0) is 4.84 Å².